The zero-order valence-electron chi connectivity index (χ0n) is 16.6. The van der Waals surface area contributed by atoms with Crippen LogP contribution in [0.15, 0.2) is 18.3 Å². The molecular formula is C19H21F2N5O5. The number of hydrogen-bond donors (Lipinski definition) is 3. The minimum atomic E-state index is -3.16. The lowest BCUT2D eigenvalue weighted by atomic mass is 10.1. The van der Waals surface area contributed by atoms with Crippen LogP contribution < -0.4 is 10.6 Å². The molecule has 1 aliphatic rings. The number of amides is 3. The maximum atomic E-state index is 13.5. The molecule has 10 nitrogen and oxygen atoms in total. The zero-order chi connectivity index (χ0) is 23.2. The molecule has 166 valence electrons. The average molecular weight is 437 g/mol. The van der Waals surface area contributed by atoms with Crippen molar-refractivity contribution in [3.8, 4) is 6.07 Å². The van der Waals surface area contributed by atoms with E-state index >= 15 is 0 Å². The smallest absolute Gasteiger partial charge is 0.303 e. The van der Waals surface area contributed by atoms with Crippen molar-refractivity contribution in [1.29, 1.82) is 5.26 Å². The molecule has 1 aromatic heterocycles. The van der Waals surface area contributed by atoms with E-state index < -0.39 is 54.7 Å². The number of likely N-dealkylation sites (tertiary alicyclic amines) is 1. The Morgan fingerprint density at radius 1 is 1.39 bits per heavy atom. The molecule has 31 heavy (non-hydrogen) atoms. The van der Waals surface area contributed by atoms with Gasteiger partial charge in [-0.3, -0.25) is 24.2 Å². The summed E-state index contributed by atoms with van der Waals surface area (Å²) in [7, 11) is 0. The first kappa shape index (κ1) is 23.7. The second kappa shape index (κ2) is 9.92. The number of nitriles is 1. The fourth-order valence-electron chi connectivity index (χ4n) is 2.97. The van der Waals surface area contributed by atoms with Crippen molar-refractivity contribution in [2.45, 2.75) is 50.7 Å². The van der Waals surface area contributed by atoms with E-state index in [0.29, 0.717) is 5.69 Å². The van der Waals surface area contributed by atoms with E-state index in [9.17, 15) is 28.0 Å². The highest BCUT2D eigenvalue weighted by Gasteiger charge is 2.48. The molecule has 3 N–H and O–H groups in total. The molecule has 3 amide bonds. The van der Waals surface area contributed by atoms with Gasteiger partial charge in [0, 0.05) is 24.6 Å². The van der Waals surface area contributed by atoms with Crippen LogP contribution in [0.2, 0.25) is 0 Å². The SMILES string of the molecule is CC(NC(=O)c1ccnc(CNC(=O)CCC(=O)O)c1)C(=O)N1CC(F)(F)C[C@H]1C#N. The average Bonchev–Trinajstić information content (AvgIpc) is 3.04. The predicted molar refractivity (Wildman–Crippen MR) is 101 cm³/mol. The van der Waals surface area contributed by atoms with Gasteiger partial charge in [0.05, 0.1) is 31.3 Å². The van der Waals surface area contributed by atoms with Gasteiger partial charge in [-0.2, -0.15) is 5.26 Å². The van der Waals surface area contributed by atoms with E-state index in [2.05, 4.69) is 15.6 Å². The molecule has 1 saturated heterocycles. The molecule has 0 aliphatic carbocycles. The fraction of sp³-hybridized carbons (Fsp3) is 0.474. The summed E-state index contributed by atoms with van der Waals surface area (Å²) in [5.41, 5.74) is 0.437. The molecule has 0 aromatic carbocycles. The quantitative estimate of drug-likeness (QED) is 0.533. The van der Waals surface area contributed by atoms with E-state index in [1.807, 2.05) is 0 Å². The van der Waals surface area contributed by atoms with E-state index in [4.69, 9.17) is 10.4 Å². The van der Waals surface area contributed by atoms with Crippen LogP contribution in [0.3, 0.4) is 0 Å². The lowest BCUT2D eigenvalue weighted by Gasteiger charge is -2.23. The fourth-order valence-corrected chi connectivity index (χ4v) is 2.97. The molecule has 0 spiro atoms. The highest BCUT2D eigenvalue weighted by molar-refractivity contribution is 5.97. The number of carbonyl (C=O) groups is 4. The molecule has 0 radical (unpaired) electrons. The van der Waals surface area contributed by atoms with Crippen molar-refractivity contribution in [2.24, 2.45) is 0 Å². The Morgan fingerprint density at radius 3 is 2.74 bits per heavy atom. The third-order valence-electron chi connectivity index (χ3n) is 4.53. The Kier molecular flexibility index (Phi) is 7.57. The van der Waals surface area contributed by atoms with Crippen LogP contribution in [0, 0.1) is 11.3 Å². The van der Waals surface area contributed by atoms with Gasteiger partial charge in [0.15, 0.2) is 0 Å². The number of hydrogen-bond acceptors (Lipinski definition) is 6. The van der Waals surface area contributed by atoms with Gasteiger partial charge in [-0.15, -0.1) is 0 Å². The first-order valence-electron chi connectivity index (χ1n) is 9.34. The lowest BCUT2D eigenvalue weighted by molar-refractivity contribution is -0.138. The molecule has 2 atom stereocenters. The van der Waals surface area contributed by atoms with E-state index in [-0.39, 0.29) is 24.9 Å². The summed E-state index contributed by atoms with van der Waals surface area (Å²) in [6.07, 6.45) is 0.0479. The van der Waals surface area contributed by atoms with Gasteiger partial charge in [0.2, 0.25) is 11.8 Å². The maximum absolute atomic E-state index is 13.5. The van der Waals surface area contributed by atoms with Crippen LogP contribution in [0.4, 0.5) is 8.78 Å². The Bertz CT molecular complexity index is 917. The summed E-state index contributed by atoms with van der Waals surface area (Å²) in [6.45, 7) is 0.405. The number of carbonyl (C=O) groups excluding carboxylic acids is 3. The van der Waals surface area contributed by atoms with Gasteiger partial charge in [-0.1, -0.05) is 0 Å². The molecule has 1 aliphatic heterocycles. The Hall–Kier alpha value is -3.62. The van der Waals surface area contributed by atoms with Crippen LogP contribution in [0.1, 0.15) is 42.2 Å². The number of halogens is 2. The van der Waals surface area contributed by atoms with Gasteiger partial charge in [0.25, 0.3) is 11.8 Å². The third kappa shape index (κ3) is 6.70. The number of rotatable bonds is 8. The van der Waals surface area contributed by atoms with Gasteiger partial charge >= 0.3 is 5.97 Å². The summed E-state index contributed by atoms with van der Waals surface area (Å²) in [5.74, 6) is -6.21. The standard InChI is InChI=1S/C19H21F2N5O5/c1-11(18(31)26-10-19(20,21)7-14(26)8-22)25-17(30)12-4-5-23-13(6-12)9-24-15(27)2-3-16(28)29/h4-6,11,14H,2-3,7,9-10H2,1H3,(H,24,27)(H,25,30)(H,28,29)/t11?,14-/m0/s1. The van der Waals surface area contributed by atoms with Crippen LogP contribution in [-0.4, -0.2) is 63.2 Å². The molecule has 1 aromatic rings. The molecule has 0 bridgehead atoms. The number of nitrogens with one attached hydrogen (secondary N) is 2. The van der Waals surface area contributed by atoms with Gasteiger partial charge in [-0.25, -0.2) is 8.78 Å². The van der Waals surface area contributed by atoms with E-state index in [0.717, 1.165) is 4.90 Å². The second-order valence-corrected chi connectivity index (χ2v) is 7.07. The van der Waals surface area contributed by atoms with Crippen molar-refractivity contribution < 1.29 is 33.1 Å². The van der Waals surface area contributed by atoms with Crippen LogP contribution in [-0.2, 0) is 20.9 Å². The van der Waals surface area contributed by atoms with Crippen molar-refractivity contribution in [3.63, 3.8) is 0 Å². The Balaban J connectivity index is 1.95. The van der Waals surface area contributed by atoms with Crippen LogP contribution >= 0.6 is 0 Å². The van der Waals surface area contributed by atoms with Crippen LogP contribution in [0.25, 0.3) is 0 Å². The van der Waals surface area contributed by atoms with E-state index in [1.54, 1.807) is 6.07 Å². The monoisotopic (exact) mass is 437 g/mol. The summed E-state index contributed by atoms with van der Waals surface area (Å²) in [4.78, 5) is 51.7. The second-order valence-electron chi connectivity index (χ2n) is 7.07. The van der Waals surface area contributed by atoms with Gasteiger partial charge in [-0.05, 0) is 19.1 Å². The highest BCUT2D eigenvalue weighted by Crippen LogP contribution is 2.32. The minimum Gasteiger partial charge on any atom is -0.481 e. The van der Waals surface area contributed by atoms with Crippen molar-refractivity contribution in [1.82, 2.24) is 20.5 Å². The van der Waals surface area contributed by atoms with E-state index in [1.165, 1.54) is 25.3 Å². The first-order valence-corrected chi connectivity index (χ1v) is 9.34. The molecule has 12 heteroatoms. The number of carboxylic acids is 1. The first-order chi connectivity index (χ1) is 14.5. The number of nitrogens with zero attached hydrogens (tertiary/aromatic N) is 3. The molecule has 2 rings (SSSR count). The number of pyridine rings is 1. The number of aromatic nitrogens is 1. The number of aliphatic carboxylic acids is 1. The summed E-state index contributed by atoms with van der Waals surface area (Å²) >= 11 is 0. The Labute approximate surface area is 176 Å². The molecular weight excluding hydrogens is 416 g/mol. The number of alkyl halides is 2. The summed E-state index contributed by atoms with van der Waals surface area (Å²) < 4.78 is 27.1. The molecule has 0 saturated carbocycles. The molecule has 1 fully saturated rings. The van der Waals surface area contributed by atoms with Gasteiger partial charge < -0.3 is 20.6 Å². The maximum Gasteiger partial charge on any atom is 0.303 e. The predicted octanol–water partition coefficient (Wildman–Crippen LogP) is 0.441. The third-order valence-corrected chi connectivity index (χ3v) is 4.53. The normalized spacial score (nSPS) is 18.0. The van der Waals surface area contributed by atoms with Gasteiger partial charge in [0.1, 0.15) is 12.1 Å². The lowest BCUT2D eigenvalue weighted by Crippen LogP contribution is -2.48. The largest absolute Gasteiger partial charge is 0.481 e. The molecule has 2 heterocycles. The van der Waals surface area contributed by atoms with Crippen LogP contribution in [0.5, 0.6) is 0 Å². The highest BCUT2D eigenvalue weighted by atomic mass is 19.3. The summed E-state index contributed by atoms with van der Waals surface area (Å²) in [6, 6.07) is 1.99. The zero-order valence-corrected chi connectivity index (χ0v) is 16.6. The number of carboxylic acid groups (broad SMARTS) is 1. The van der Waals surface area contributed by atoms with Crippen molar-refractivity contribution >= 4 is 23.7 Å². The molecule has 1 unspecified atom stereocenters. The van der Waals surface area contributed by atoms with Crippen molar-refractivity contribution in [3.05, 3.63) is 29.6 Å². The van der Waals surface area contributed by atoms with Crippen molar-refractivity contribution in [2.75, 3.05) is 6.54 Å². The minimum absolute atomic E-state index is 0.0409. The summed E-state index contributed by atoms with van der Waals surface area (Å²) in [5, 5.41) is 22.5. The topological polar surface area (TPSA) is 152 Å². The Morgan fingerprint density at radius 2 is 2.10 bits per heavy atom.